The normalized spacial score (nSPS) is 14.7. The average molecular weight is 487 g/mol. The van der Waals surface area contributed by atoms with Gasteiger partial charge in [0, 0.05) is 5.41 Å². The number of fused-ring (bicyclic) bond motifs is 3. The van der Waals surface area contributed by atoms with Gasteiger partial charge in [0.25, 0.3) is 0 Å². The van der Waals surface area contributed by atoms with Crippen molar-refractivity contribution < 1.29 is 0 Å². The lowest BCUT2D eigenvalue weighted by Crippen LogP contribution is -2.32. The van der Waals surface area contributed by atoms with Gasteiger partial charge in [-0.25, -0.2) is 0 Å². The van der Waals surface area contributed by atoms with Gasteiger partial charge < -0.3 is 0 Å². The fourth-order valence-electron chi connectivity index (χ4n) is 6.63. The van der Waals surface area contributed by atoms with E-state index in [1.807, 2.05) is 0 Å². The molecule has 4 aromatic carbocycles. The lowest BCUT2D eigenvalue weighted by molar-refractivity contribution is 0.247. The maximum absolute atomic E-state index is 2.49. The van der Waals surface area contributed by atoms with Gasteiger partial charge in [-0.3, -0.25) is 0 Å². The SMILES string of the molecule is Cc1cc2c(cc1C(C)(C)c1ccccc1)-c1ccc(CC(C)C(C)C(C)(C)c3ccccc3)cc1C2. The zero-order valence-electron chi connectivity index (χ0n) is 23.7. The Bertz CT molecular complexity index is 1390. The summed E-state index contributed by atoms with van der Waals surface area (Å²) in [6, 6.07) is 34.1. The summed E-state index contributed by atoms with van der Waals surface area (Å²) in [5, 5.41) is 0. The van der Waals surface area contributed by atoms with Crippen LogP contribution in [0.3, 0.4) is 0 Å². The summed E-state index contributed by atoms with van der Waals surface area (Å²) in [5.74, 6) is 1.17. The summed E-state index contributed by atoms with van der Waals surface area (Å²) in [5.41, 5.74) is 13.0. The molecule has 0 bridgehead atoms. The molecule has 1 aliphatic rings. The predicted molar refractivity (Wildman–Crippen MR) is 159 cm³/mol. The van der Waals surface area contributed by atoms with Crippen molar-refractivity contribution >= 4 is 0 Å². The van der Waals surface area contributed by atoms with Crippen LogP contribution >= 0.6 is 0 Å². The Labute approximate surface area is 224 Å². The lowest BCUT2D eigenvalue weighted by atomic mass is 9.68. The van der Waals surface area contributed by atoms with Gasteiger partial charge in [-0.05, 0) is 93.2 Å². The molecule has 0 N–H and O–H groups in total. The Hall–Kier alpha value is -3.12. The lowest BCUT2D eigenvalue weighted by Gasteiger charge is -2.36. The Morgan fingerprint density at radius 3 is 1.92 bits per heavy atom. The molecule has 37 heavy (non-hydrogen) atoms. The van der Waals surface area contributed by atoms with Crippen LogP contribution in [0.5, 0.6) is 0 Å². The summed E-state index contributed by atoms with van der Waals surface area (Å²) in [4.78, 5) is 0. The average Bonchev–Trinajstić information content (AvgIpc) is 3.24. The third-order valence-electron chi connectivity index (χ3n) is 9.53. The van der Waals surface area contributed by atoms with Crippen LogP contribution in [0.4, 0.5) is 0 Å². The largest absolute Gasteiger partial charge is 0.0622 e. The molecule has 0 amide bonds. The minimum Gasteiger partial charge on any atom is -0.0622 e. The monoisotopic (exact) mass is 486 g/mol. The molecule has 1 aliphatic carbocycles. The van der Waals surface area contributed by atoms with Crippen molar-refractivity contribution in [3.05, 3.63) is 130 Å². The quantitative estimate of drug-likeness (QED) is 0.215. The molecule has 0 saturated carbocycles. The predicted octanol–water partition coefficient (Wildman–Crippen LogP) is 9.68. The van der Waals surface area contributed by atoms with Crippen LogP contribution in [0, 0.1) is 18.8 Å². The highest BCUT2D eigenvalue weighted by atomic mass is 14.4. The second-order valence-electron chi connectivity index (χ2n) is 12.5. The minimum absolute atomic E-state index is 0.0276. The van der Waals surface area contributed by atoms with Crippen molar-refractivity contribution in [1.82, 2.24) is 0 Å². The van der Waals surface area contributed by atoms with Gasteiger partial charge in [-0.1, -0.05) is 126 Å². The van der Waals surface area contributed by atoms with E-state index < -0.39 is 0 Å². The van der Waals surface area contributed by atoms with Crippen LogP contribution in [0.15, 0.2) is 91.0 Å². The van der Waals surface area contributed by atoms with Crippen molar-refractivity contribution in [3.8, 4) is 11.1 Å². The summed E-state index contributed by atoms with van der Waals surface area (Å²) < 4.78 is 0. The highest BCUT2D eigenvalue weighted by Crippen LogP contribution is 2.43. The molecule has 2 atom stereocenters. The minimum atomic E-state index is -0.0276. The van der Waals surface area contributed by atoms with Crippen molar-refractivity contribution in [2.75, 3.05) is 0 Å². The van der Waals surface area contributed by atoms with Crippen LogP contribution in [0.25, 0.3) is 11.1 Å². The van der Waals surface area contributed by atoms with E-state index in [9.17, 15) is 0 Å². The maximum atomic E-state index is 2.49. The fourth-order valence-corrected chi connectivity index (χ4v) is 6.63. The van der Waals surface area contributed by atoms with E-state index in [0.29, 0.717) is 11.8 Å². The molecule has 0 nitrogen and oxygen atoms in total. The summed E-state index contributed by atoms with van der Waals surface area (Å²) in [7, 11) is 0. The second kappa shape index (κ2) is 9.64. The van der Waals surface area contributed by atoms with Gasteiger partial charge >= 0.3 is 0 Å². The van der Waals surface area contributed by atoms with Crippen LogP contribution < -0.4 is 0 Å². The van der Waals surface area contributed by atoms with Crippen molar-refractivity contribution in [2.45, 2.75) is 72.1 Å². The van der Waals surface area contributed by atoms with Gasteiger partial charge in [0.15, 0.2) is 0 Å². The Balaban J connectivity index is 1.40. The summed E-state index contributed by atoms with van der Waals surface area (Å²) in [6.45, 7) is 16.7. The van der Waals surface area contributed by atoms with Gasteiger partial charge in [0.1, 0.15) is 0 Å². The molecule has 0 fully saturated rings. The second-order valence-corrected chi connectivity index (χ2v) is 12.5. The first-order valence-electron chi connectivity index (χ1n) is 14.0. The highest BCUT2D eigenvalue weighted by molar-refractivity contribution is 5.78. The topological polar surface area (TPSA) is 0 Å². The molecule has 0 aromatic heterocycles. The van der Waals surface area contributed by atoms with Crippen molar-refractivity contribution in [1.29, 1.82) is 0 Å². The Morgan fingerprint density at radius 1 is 0.676 bits per heavy atom. The number of hydrogen-bond donors (Lipinski definition) is 0. The molecule has 0 radical (unpaired) electrons. The number of rotatable bonds is 7. The zero-order valence-corrected chi connectivity index (χ0v) is 23.7. The van der Waals surface area contributed by atoms with E-state index in [4.69, 9.17) is 0 Å². The van der Waals surface area contributed by atoms with Crippen LogP contribution in [0.1, 0.15) is 80.5 Å². The zero-order chi connectivity index (χ0) is 26.4. The van der Waals surface area contributed by atoms with Gasteiger partial charge in [-0.15, -0.1) is 0 Å². The van der Waals surface area contributed by atoms with Crippen molar-refractivity contribution in [2.24, 2.45) is 11.8 Å². The molecule has 0 heteroatoms. The standard InChI is InChI=1S/C37H42/c1-25(27(3)36(4,5)31-14-10-8-11-15-31)20-28-18-19-33-30(22-28)23-29-21-26(2)35(24-34(29)33)37(6,7)32-16-12-9-13-17-32/h8-19,21-22,24-25,27H,20,23H2,1-7H3. The first kappa shape index (κ1) is 25.5. The summed E-state index contributed by atoms with van der Waals surface area (Å²) >= 11 is 0. The van der Waals surface area contributed by atoms with Crippen molar-refractivity contribution in [3.63, 3.8) is 0 Å². The fraction of sp³-hybridized carbons (Fsp3) is 0.351. The van der Waals surface area contributed by atoms with Crippen LogP contribution in [-0.2, 0) is 23.7 Å². The third kappa shape index (κ3) is 4.68. The molecular weight excluding hydrogens is 444 g/mol. The van der Waals surface area contributed by atoms with Gasteiger partial charge in [-0.2, -0.15) is 0 Å². The molecule has 190 valence electrons. The van der Waals surface area contributed by atoms with Crippen LogP contribution in [-0.4, -0.2) is 0 Å². The molecule has 2 unspecified atom stereocenters. The first-order valence-corrected chi connectivity index (χ1v) is 14.0. The van der Waals surface area contributed by atoms with E-state index in [1.54, 1.807) is 0 Å². The summed E-state index contributed by atoms with van der Waals surface area (Å²) in [6.07, 6.45) is 2.16. The van der Waals surface area contributed by atoms with Gasteiger partial charge in [0.05, 0.1) is 0 Å². The molecular formula is C37H42. The van der Waals surface area contributed by atoms with E-state index in [1.165, 1.54) is 50.1 Å². The molecule has 0 spiro atoms. The maximum Gasteiger partial charge on any atom is 0.0149 e. The number of aryl methyl sites for hydroxylation is 1. The molecule has 0 heterocycles. The number of hydrogen-bond acceptors (Lipinski definition) is 0. The molecule has 0 saturated heterocycles. The molecule has 5 rings (SSSR count). The van der Waals surface area contributed by atoms with Gasteiger partial charge in [0.2, 0.25) is 0 Å². The number of benzene rings is 4. The first-order chi connectivity index (χ1) is 17.6. The van der Waals surface area contributed by atoms with E-state index in [0.717, 1.165) is 12.8 Å². The Morgan fingerprint density at radius 2 is 1.27 bits per heavy atom. The van der Waals surface area contributed by atoms with E-state index in [-0.39, 0.29) is 10.8 Å². The third-order valence-corrected chi connectivity index (χ3v) is 9.53. The van der Waals surface area contributed by atoms with E-state index >= 15 is 0 Å². The molecule has 0 aliphatic heterocycles. The van der Waals surface area contributed by atoms with Crippen LogP contribution in [0.2, 0.25) is 0 Å². The molecule has 4 aromatic rings. The Kier molecular flexibility index (Phi) is 6.65. The highest BCUT2D eigenvalue weighted by Gasteiger charge is 2.32. The van der Waals surface area contributed by atoms with E-state index in [2.05, 4.69) is 139 Å². The smallest absolute Gasteiger partial charge is 0.0149 e.